The average Bonchev–Trinajstić information content (AvgIpc) is 3.30. The number of halogens is 6. The Morgan fingerprint density at radius 1 is 1.11 bits per heavy atom. The topological polar surface area (TPSA) is 118 Å². The molecule has 0 bridgehead atoms. The zero-order valence-corrected chi connectivity index (χ0v) is 20.4. The molecule has 1 aliphatic heterocycles. The lowest BCUT2D eigenvalue weighted by atomic mass is 10.00. The minimum Gasteiger partial charge on any atom is -0.475 e. The van der Waals surface area contributed by atoms with Gasteiger partial charge in [0.2, 0.25) is 0 Å². The van der Waals surface area contributed by atoms with Crippen molar-refractivity contribution in [3.63, 3.8) is 0 Å². The third-order valence-corrected chi connectivity index (χ3v) is 6.08. The number of ether oxygens (including phenoxy) is 1. The molecule has 1 atom stereocenters. The molecule has 1 fully saturated rings. The molecule has 37 heavy (non-hydrogen) atoms. The van der Waals surface area contributed by atoms with E-state index < -0.39 is 24.3 Å². The maximum atomic E-state index is 10.6. The van der Waals surface area contributed by atoms with Crippen molar-refractivity contribution in [1.82, 2.24) is 19.7 Å². The number of hydrogen-bond acceptors (Lipinski definition) is 7. The molecule has 0 aromatic carbocycles. The predicted octanol–water partition coefficient (Wildman–Crippen LogP) is 4.15. The molecule has 16 heteroatoms. The Morgan fingerprint density at radius 2 is 1.70 bits per heavy atom. The molecule has 2 aromatic heterocycles. The smallest absolute Gasteiger partial charge is 0.475 e. The average molecular weight is 561 g/mol. The van der Waals surface area contributed by atoms with Gasteiger partial charge in [0, 0.05) is 31.3 Å². The molecule has 1 aliphatic carbocycles. The predicted molar refractivity (Wildman–Crippen MR) is 118 cm³/mol. The lowest BCUT2D eigenvalue weighted by Crippen LogP contribution is -2.38. The molecule has 1 saturated carbocycles. The Morgan fingerprint density at radius 3 is 2.16 bits per heavy atom. The molecule has 4 rings (SSSR count). The molecule has 2 N–H and O–H groups in total. The van der Waals surface area contributed by atoms with Crippen molar-refractivity contribution in [3.05, 3.63) is 34.0 Å². The number of nitrogens with zero attached hydrogens (tertiary/aromatic N) is 4. The van der Waals surface area contributed by atoms with Gasteiger partial charge in [0.1, 0.15) is 5.01 Å². The summed E-state index contributed by atoms with van der Waals surface area (Å²) in [5, 5.41) is 22.1. The number of carboxylic acids is 2. The van der Waals surface area contributed by atoms with Crippen LogP contribution >= 0.6 is 11.3 Å². The highest BCUT2D eigenvalue weighted by atomic mass is 32.1. The van der Waals surface area contributed by atoms with E-state index in [1.54, 1.807) is 11.3 Å². The van der Waals surface area contributed by atoms with E-state index in [1.165, 1.54) is 29.1 Å². The van der Waals surface area contributed by atoms with Crippen LogP contribution in [0.3, 0.4) is 0 Å². The molecule has 2 aromatic rings. The van der Waals surface area contributed by atoms with Crippen molar-refractivity contribution >= 4 is 23.3 Å². The highest BCUT2D eigenvalue weighted by molar-refractivity contribution is 7.09. The van der Waals surface area contributed by atoms with Gasteiger partial charge in [-0.2, -0.15) is 31.4 Å². The van der Waals surface area contributed by atoms with Gasteiger partial charge in [0.25, 0.3) is 0 Å². The summed E-state index contributed by atoms with van der Waals surface area (Å²) in [5.74, 6) is -4.71. The molecule has 2 aliphatic rings. The van der Waals surface area contributed by atoms with E-state index in [1.807, 2.05) is 12.4 Å². The molecular weight excluding hydrogens is 534 g/mol. The van der Waals surface area contributed by atoms with E-state index in [0.717, 1.165) is 45.2 Å². The van der Waals surface area contributed by atoms with Crippen molar-refractivity contribution in [3.8, 4) is 0 Å². The highest BCUT2D eigenvalue weighted by Gasteiger charge is 2.39. The van der Waals surface area contributed by atoms with Crippen molar-refractivity contribution in [1.29, 1.82) is 0 Å². The van der Waals surface area contributed by atoms with E-state index in [-0.39, 0.29) is 0 Å². The maximum Gasteiger partial charge on any atom is 0.490 e. The highest BCUT2D eigenvalue weighted by Crippen LogP contribution is 2.33. The van der Waals surface area contributed by atoms with Gasteiger partial charge >= 0.3 is 24.3 Å². The molecule has 0 spiro atoms. The van der Waals surface area contributed by atoms with Gasteiger partial charge in [-0.15, -0.1) is 11.3 Å². The Bertz CT molecular complexity index is 971. The van der Waals surface area contributed by atoms with Crippen LogP contribution < -0.4 is 0 Å². The molecule has 0 radical (unpaired) electrons. The Kier molecular flexibility index (Phi) is 10.9. The summed E-state index contributed by atoms with van der Waals surface area (Å²) in [6.07, 6.45) is -2.48. The summed E-state index contributed by atoms with van der Waals surface area (Å²) in [6, 6.07) is 0.295. The van der Waals surface area contributed by atoms with Crippen LogP contribution in [-0.4, -0.2) is 73.9 Å². The first kappa shape index (κ1) is 30.5. The summed E-state index contributed by atoms with van der Waals surface area (Å²) >= 11 is 1.73. The fourth-order valence-corrected chi connectivity index (χ4v) is 4.01. The maximum absolute atomic E-state index is 10.6. The minimum atomic E-state index is -5.08. The second-order valence-electron chi connectivity index (χ2n) is 8.12. The Balaban J connectivity index is 0.000000286. The number of hydrogen-bond donors (Lipinski definition) is 2. The summed E-state index contributed by atoms with van der Waals surface area (Å²) < 4.78 is 71.7. The first-order valence-corrected chi connectivity index (χ1v) is 12.0. The second kappa shape index (κ2) is 13.2. The van der Waals surface area contributed by atoms with Gasteiger partial charge in [-0.1, -0.05) is 0 Å². The van der Waals surface area contributed by atoms with Crippen LogP contribution in [0.2, 0.25) is 0 Å². The molecule has 9 nitrogen and oxygen atoms in total. The van der Waals surface area contributed by atoms with Crippen LogP contribution in [0.4, 0.5) is 26.3 Å². The fraction of sp³-hybridized carbons (Fsp3) is 0.619. The SMILES string of the molecule is CCn1ncc2c1C(COCC1CC1)N(Cc1nccs1)CC2.O=C(O)C(F)(F)F.O=C(O)C(F)(F)F. The van der Waals surface area contributed by atoms with Crippen LogP contribution in [0, 0.1) is 5.92 Å². The van der Waals surface area contributed by atoms with Crippen molar-refractivity contribution in [2.75, 3.05) is 19.8 Å². The zero-order valence-electron chi connectivity index (χ0n) is 19.6. The summed E-state index contributed by atoms with van der Waals surface area (Å²) in [6.45, 7) is 6.72. The lowest BCUT2D eigenvalue weighted by molar-refractivity contribution is -0.193. The van der Waals surface area contributed by atoms with Crippen LogP contribution in [0.15, 0.2) is 17.8 Å². The number of aromatic nitrogens is 3. The molecule has 0 saturated heterocycles. The largest absolute Gasteiger partial charge is 0.490 e. The number of carboxylic acid groups (broad SMARTS) is 2. The van der Waals surface area contributed by atoms with E-state index in [4.69, 9.17) is 24.5 Å². The monoisotopic (exact) mass is 560 g/mol. The van der Waals surface area contributed by atoms with Gasteiger partial charge in [-0.05, 0) is 37.7 Å². The van der Waals surface area contributed by atoms with Crippen molar-refractivity contribution < 1.29 is 50.9 Å². The van der Waals surface area contributed by atoms with E-state index in [0.29, 0.717) is 6.04 Å². The number of alkyl halides is 6. The molecule has 1 unspecified atom stereocenters. The van der Waals surface area contributed by atoms with Gasteiger partial charge < -0.3 is 14.9 Å². The van der Waals surface area contributed by atoms with Crippen LogP contribution in [-0.2, 0) is 33.8 Å². The number of carbonyl (C=O) groups is 2. The van der Waals surface area contributed by atoms with Crippen LogP contribution in [0.1, 0.15) is 42.1 Å². The standard InChI is InChI=1S/C17H24N4OS.2C2HF3O2/c1-2-21-17-14(9-19-21)5-7-20(10-16-18-6-8-23-16)15(17)12-22-11-13-3-4-13;2*3-2(4,5)1(6)7/h6,8-9,13,15H,2-5,7,10-12H2,1H3;2*(H,6,7). The van der Waals surface area contributed by atoms with E-state index in [2.05, 4.69) is 32.0 Å². The summed E-state index contributed by atoms with van der Waals surface area (Å²) in [4.78, 5) is 24.8. The van der Waals surface area contributed by atoms with E-state index in [9.17, 15) is 26.3 Å². The quantitative estimate of drug-likeness (QED) is 0.485. The number of rotatable bonds is 7. The third-order valence-electron chi connectivity index (χ3n) is 5.32. The normalized spacial score (nSPS) is 17.6. The number of thiazole rings is 1. The number of aryl methyl sites for hydroxylation is 1. The number of aliphatic carboxylic acids is 2. The van der Waals surface area contributed by atoms with Gasteiger partial charge in [0.15, 0.2) is 0 Å². The van der Waals surface area contributed by atoms with Crippen molar-refractivity contribution in [2.24, 2.45) is 5.92 Å². The van der Waals surface area contributed by atoms with E-state index >= 15 is 0 Å². The molecule has 0 amide bonds. The first-order valence-electron chi connectivity index (χ1n) is 11.1. The third kappa shape index (κ3) is 9.92. The fourth-order valence-electron chi connectivity index (χ4n) is 3.37. The van der Waals surface area contributed by atoms with Gasteiger partial charge in [-0.3, -0.25) is 9.58 Å². The zero-order chi connectivity index (χ0) is 27.8. The first-order chi connectivity index (χ1) is 17.2. The second-order valence-corrected chi connectivity index (χ2v) is 9.10. The molecular formula is C21H26F6N4O5S. The van der Waals surface area contributed by atoms with Crippen molar-refractivity contribution in [2.45, 2.75) is 57.7 Å². The molecule has 3 heterocycles. The van der Waals surface area contributed by atoms with Crippen LogP contribution in [0.25, 0.3) is 0 Å². The van der Waals surface area contributed by atoms with Crippen LogP contribution in [0.5, 0.6) is 0 Å². The van der Waals surface area contributed by atoms with Gasteiger partial charge in [-0.25, -0.2) is 14.6 Å². The summed E-state index contributed by atoms with van der Waals surface area (Å²) in [5.41, 5.74) is 2.74. The summed E-state index contributed by atoms with van der Waals surface area (Å²) in [7, 11) is 0. The molecule has 208 valence electrons. The Hall–Kier alpha value is -2.72. The Labute approximate surface area is 211 Å². The minimum absolute atomic E-state index is 0.295. The lowest BCUT2D eigenvalue weighted by Gasteiger charge is -2.35. The number of fused-ring (bicyclic) bond motifs is 1. The van der Waals surface area contributed by atoms with Gasteiger partial charge in [0.05, 0.1) is 31.1 Å².